The summed E-state index contributed by atoms with van der Waals surface area (Å²) in [6.07, 6.45) is -0.0511. The van der Waals surface area contributed by atoms with E-state index in [0.717, 1.165) is 24.7 Å². The molecule has 1 aromatic carbocycles. The minimum Gasteiger partial charge on any atom is -0.460 e. The van der Waals surface area contributed by atoms with Crippen molar-refractivity contribution in [1.29, 1.82) is 5.41 Å². The largest absolute Gasteiger partial charge is 0.460 e. The molecular formula is C22H28FN7O3. The van der Waals surface area contributed by atoms with Gasteiger partial charge in [-0.15, -0.1) is 10.2 Å². The van der Waals surface area contributed by atoms with Gasteiger partial charge in [-0.2, -0.15) is 0 Å². The average molecular weight is 458 g/mol. The van der Waals surface area contributed by atoms with E-state index >= 15 is 4.39 Å². The fourth-order valence-electron chi connectivity index (χ4n) is 3.89. The minimum absolute atomic E-state index is 0.199. The van der Waals surface area contributed by atoms with Crippen molar-refractivity contribution >= 4 is 29.1 Å². The van der Waals surface area contributed by atoms with Gasteiger partial charge in [-0.05, 0) is 18.2 Å². The number of aromatic nitrogens is 2. The number of benzene rings is 1. The summed E-state index contributed by atoms with van der Waals surface area (Å²) in [7, 11) is 1.71. The zero-order chi connectivity index (χ0) is 23.4. The number of hydrogen-bond acceptors (Lipinski definition) is 9. The molecule has 0 unspecified atom stereocenters. The molecule has 0 amide bonds. The van der Waals surface area contributed by atoms with Crippen LogP contribution in [0.1, 0.15) is 12.0 Å². The molecule has 10 nitrogen and oxygen atoms in total. The van der Waals surface area contributed by atoms with Gasteiger partial charge in [-0.25, -0.2) is 4.39 Å². The molecule has 3 heterocycles. The first-order valence-electron chi connectivity index (χ1n) is 10.8. The van der Waals surface area contributed by atoms with E-state index in [2.05, 4.69) is 20.0 Å². The molecule has 2 aliphatic heterocycles. The van der Waals surface area contributed by atoms with Crippen LogP contribution in [0.4, 0.5) is 21.7 Å². The van der Waals surface area contributed by atoms with Gasteiger partial charge in [0.2, 0.25) is 0 Å². The summed E-state index contributed by atoms with van der Waals surface area (Å²) in [6, 6.07) is 8.99. The van der Waals surface area contributed by atoms with Crippen LogP contribution in [0.15, 0.2) is 30.3 Å². The van der Waals surface area contributed by atoms with E-state index in [1.165, 1.54) is 0 Å². The normalized spacial score (nSPS) is 16.5. The molecule has 176 valence electrons. The van der Waals surface area contributed by atoms with Crippen molar-refractivity contribution in [3.8, 4) is 0 Å². The van der Waals surface area contributed by atoms with Gasteiger partial charge < -0.3 is 29.9 Å². The number of anilines is 3. The van der Waals surface area contributed by atoms with Gasteiger partial charge in [0.1, 0.15) is 18.9 Å². The number of amidine groups is 1. The lowest BCUT2D eigenvalue weighted by Crippen LogP contribution is -2.52. The monoisotopic (exact) mass is 457 g/mol. The summed E-state index contributed by atoms with van der Waals surface area (Å²) in [5, 5.41) is 15.8. The minimum atomic E-state index is -0.652. The number of hydrogen-bond donors (Lipinski definition) is 2. The topological polar surface area (TPSA) is 121 Å². The van der Waals surface area contributed by atoms with Crippen LogP contribution < -0.4 is 20.4 Å². The van der Waals surface area contributed by atoms with Gasteiger partial charge in [-0.1, -0.05) is 12.1 Å². The number of carbonyl (C=O) groups excluding carboxylic acids is 1. The predicted molar refractivity (Wildman–Crippen MR) is 122 cm³/mol. The molecule has 0 spiro atoms. The van der Waals surface area contributed by atoms with Crippen molar-refractivity contribution < 1.29 is 18.7 Å². The molecule has 33 heavy (non-hydrogen) atoms. The summed E-state index contributed by atoms with van der Waals surface area (Å²) in [5.41, 5.74) is 5.95. The highest BCUT2D eigenvalue weighted by Gasteiger charge is 2.28. The zero-order valence-corrected chi connectivity index (χ0v) is 18.5. The molecule has 0 aliphatic carbocycles. The Morgan fingerprint density at radius 3 is 2.33 bits per heavy atom. The number of nitrogens with zero attached hydrogens (tertiary/aromatic N) is 5. The molecule has 4 rings (SSSR count). The maximum absolute atomic E-state index is 15.1. The van der Waals surface area contributed by atoms with Gasteiger partial charge in [0.05, 0.1) is 11.8 Å². The predicted octanol–water partition coefficient (Wildman–Crippen LogP) is 1.15. The third-order valence-corrected chi connectivity index (χ3v) is 5.87. The molecule has 2 saturated heterocycles. The molecule has 0 radical (unpaired) electrons. The Bertz CT molecular complexity index is 990. The van der Waals surface area contributed by atoms with Crippen molar-refractivity contribution in [3.63, 3.8) is 0 Å². The van der Waals surface area contributed by atoms with Crippen LogP contribution in [-0.2, 0) is 20.9 Å². The number of nitrogens with one attached hydrogen (secondary N) is 1. The van der Waals surface area contributed by atoms with Gasteiger partial charge in [-0.3, -0.25) is 10.2 Å². The van der Waals surface area contributed by atoms with Crippen molar-refractivity contribution in [2.24, 2.45) is 5.73 Å². The van der Waals surface area contributed by atoms with Crippen molar-refractivity contribution in [2.75, 3.05) is 61.1 Å². The number of nitrogens with two attached hydrogens (primary N) is 1. The third-order valence-electron chi connectivity index (χ3n) is 5.87. The molecule has 1 aromatic heterocycles. The average Bonchev–Trinajstić information content (AvgIpc) is 2.78. The zero-order valence-electron chi connectivity index (χ0n) is 18.5. The maximum atomic E-state index is 15.1. The van der Waals surface area contributed by atoms with E-state index in [1.807, 2.05) is 17.0 Å². The first kappa shape index (κ1) is 22.7. The van der Waals surface area contributed by atoms with Crippen molar-refractivity contribution in [3.05, 3.63) is 41.7 Å². The molecule has 0 saturated carbocycles. The molecule has 2 fully saturated rings. The van der Waals surface area contributed by atoms with Crippen LogP contribution in [0.25, 0.3) is 0 Å². The van der Waals surface area contributed by atoms with Gasteiger partial charge in [0.25, 0.3) is 0 Å². The standard InChI is InChI=1S/C22H28FN7O3/c1-32-16-12-30(13-16)20-6-5-19(26-27-20)29-9-7-28(8-10-29)17-4-2-3-15(22(17)23)14-33-21(31)11-18(24)25/h2-6,16H,7-14H2,1H3,(H3,24,25). The van der Waals surface area contributed by atoms with Crippen LogP contribution in [0.5, 0.6) is 0 Å². The summed E-state index contributed by atoms with van der Waals surface area (Å²) < 4.78 is 25.4. The van der Waals surface area contributed by atoms with E-state index in [4.69, 9.17) is 20.6 Å². The van der Waals surface area contributed by atoms with Crippen LogP contribution in [0.3, 0.4) is 0 Å². The Balaban J connectivity index is 1.32. The molecule has 0 bridgehead atoms. The summed E-state index contributed by atoms with van der Waals surface area (Å²) >= 11 is 0. The highest BCUT2D eigenvalue weighted by Crippen LogP contribution is 2.26. The lowest BCUT2D eigenvalue weighted by Gasteiger charge is -2.39. The number of rotatable bonds is 8. The lowest BCUT2D eigenvalue weighted by molar-refractivity contribution is -0.143. The SMILES string of the molecule is COC1CN(c2ccc(N3CCN(c4cccc(COC(=O)CC(=N)N)c4F)CC3)nn2)C1. The fraction of sp³-hybridized carbons (Fsp3) is 0.455. The second-order valence-electron chi connectivity index (χ2n) is 8.10. The first-order valence-corrected chi connectivity index (χ1v) is 10.8. The van der Waals surface area contributed by atoms with E-state index in [9.17, 15) is 4.79 Å². The van der Waals surface area contributed by atoms with Gasteiger partial charge in [0.15, 0.2) is 17.5 Å². The fourth-order valence-corrected chi connectivity index (χ4v) is 3.89. The van der Waals surface area contributed by atoms with E-state index < -0.39 is 11.8 Å². The van der Waals surface area contributed by atoms with Gasteiger partial charge in [0, 0.05) is 51.9 Å². The molecular weight excluding hydrogens is 429 g/mol. The Kier molecular flexibility index (Phi) is 6.87. The Morgan fingerprint density at radius 2 is 1.73 bits per heavy atom. The number of halogens is 1. The molecule has 2 aliphatic rings. The Labute approximate surface area is 191 Å². The highest BCUT2D eigenvalue weighted by atomic mass is 19.1. The van der Waals surface area contributed by atoms with Crippen LogP contribution in [0.2, 0.25) is 0 Å². The Hall–Kier alpha value is -3.47. The number of piperazine rings is 1. The van der Waals surface area contributed by atoms with Crippen LogP contribution >= 0.6 is 0 Å². The number of esters is 1. The molecule has 11 heteroatoms. The van der Waals surface area contributed by atoms with Crippen molar-refractivity contribution in [1.82, 2.24) is 10.2 Å². The van der Waals surface area contributed by atoms with Gasteiger partial charge >= 0.3 is 5.97 Å². The molecule has 0 atom stereocenters. The van der Waals surface area contributed by atoms with E-state index in [1.54, 1.807) is 25.3 Å². The molecule has 3 N–H and O–H groups in total. The van der Waals surface area contributed by atoms with Crippen LogP contribution in [-0.4, -0.2) is 74.5 Å². The number of carbonyl (C=O) groups is 1. The second kappa shape index (κ2) is 9.99. The van der Waals surface area contributed by atoms with Crippen LogP contribution in [0, 0.1) is 11.2 Å². The Morgan fingerprint density at radius 1 is 1.09 bits per heavy atom. The quantitative estimate of drug-likeness (QED) is 0.341. The lowest BCUT2D eigenvalue weighted by atomic mass is 10.1. The van der Waals surface area contributed by atoms with E-state index in [-0.39, 0.29) is 30.5 Å². The summed E-state index contributed by atoms with van der Waals surface area (Å²) in [5.74, 6) is 0.296. The first-order chi connectivity index (χ1) is 15.9. The maximum Gasteiger partial charge on any atom is 0.313 e. The summed E-state index contributed by atoms with van der Waals surface area (Å²) in [4.78, 5) is 17.8. The second-order valence-corrected chi connectivity index (χ2v) is 8.10. The summed E-state index contributed by atoms with van der Waals surface area (Å²) in [6.45, 7) is 4.05. The molecule has 2 aromatic rings. The third kappa shape index (κ3) is 5.30. The van der Waals surface area contributed by atoms with Crippen molar-refractivity contribution in [2.45, 2.75) is 19.1 Å². The number of ether oxygens (including phenoxy) is 2. The van der Waals surface area contributed by atoms with E-state index in [0.29, 0.717) is 31.9 Å². The smallest absolute Gasteiger partial charge is 0.313 e. The highest BCUT2D eigenvalue weighted by molar-refractivity contribution is 5.94. The number of methoxy groups -OCH3 is 1.